The van der Waals surface area contributed by atoms with Crippen LogP contribution in [0.2, 0.25) is 0 Å². The first-order valence-electron chi connectivity index (χ1n) is 11.7. The third-order valence-corrected chi connectivity index (χ3v) is 7.18. The second kappa shape index (κ2) is 10.8. The maximum absolute atomic E-state index is 15.4. The predicted molar refractivity (Wildman–Crippen MR) is 139 cm³/mol. The van der Waals surface area contributed by atoms with Gasteiger partial charge in [0.25, 0.3) is 5.56 Å². The van der Waals surface area contributed by atoms with Gasteiger partial charge < -0.3 is 8.92 Å². The number of fused-ring (bicyclic) bond motifs is 1. The highest BCUT2D eigenvalue weighted by molar-refractivity contribution is 7.80. The Kier molecular flexibility index (Phi) is 7.35. The van der Waals surface area contributed by atoms with E-state index >= 15 is 4.39 Å². The minimum atomic E-state index is -2.73. The van der Waals surface area contributed by atoms with Gasteiger partial charge in [-0.3, -0.25) is 9.36 Å². The second-order valence-electron chi connectivity index (χ2n) is 8.82. The molecule has 41 heavy (non-hydrogen) atoms. The molecule has 0 saturated carbocycles. The van der Waals surface area contributed by atoms with E-state index in [0.29, 0.717) is 5.56 Å². The summed E-state index contributed by atoms with van der Waals surface area (Å²) in [6, 6.07) is 15.9. The average molecular weight is 590 g/mol. The van der Waals surface area contributed by atoms with Gasteiger partial charge in [-0.2, -0.15) is 8.78 Å². The van der Waals surface area contributed by atoms with Gasteiger partial charge in [-0.1, -0.05) is 29.8 Å². The molecule has 5 aromatic rings. The normalized spacial score (nSPS) is 12.0. The van der Waals surface area contributed by atoms with E-state index in [1.807, 2.05) is 13.0 Å². The number of aromatic nitrogens is 1. The Labute approximate surface area is 230 Å². The van der Waals surface area contributed by atoms with Crippen LogP contribution in [0, 0.1) is 41.8 Å². The molecule has 12 heteroatoms. The second-order valence-corrected chi connectivity index (χ2v) is 9.93. The monoisotopic (exact) mass is 589 g/mol. The molecule has 0 spiro atoms. The van der Waals surface area contributed by atoms with Crippen LogP contribution in [0.5, 0.6) is 11.5 Å². The summed E-state index contributed by atoms with van der Waals surface area (Å²) in [6.45, 7) is 1.86. The van der Waals surface area contributed by atoms with Crippen LogP contribution in [0.1, 0.15) is 5.56 Å². The lowest BCUT2D eigenvalue weighted by atomic mass is 10.0. The summed E-state index contributed by atoms with van der Waals surface area (Å²) >= 11 is -2.73. The first kappa shape index (κ1) is 28.0. The number of rotatable bonds is 6. The third-order valence-electron chi connectivity index (χ3n) is 6.23. The van der Waals surface area contributed by atoms with E-state index in [1.54, 1.807) is 18.2 Å². The van der Waals surface area contributed by atoms with Crippen LogP contribution < -0.4 is 14.5 Å². The highest BCUT2D eigenvalue weighted by atomic mass is 32.2. The van der Waals surface area contributed by atoms with Gasteiger partial charge in [0.2, 0.25) is 45.9 Å². The smallest absolute Gasteiger partial charge is 0.255 e. The Morgan fingerprint density at radius 1 is 0.780 bits per heavy atom. The van der Waals surface area contributed by atoms with Gasteiger partial charge in [-0.05, 0) is 42.8 Å². The Balaban J connectivity index is 1.59. The van der Waals surface area contributed by atoms with Crippen LogP contribution in [-0.2, 0) is 11.1 Å². The molecule has 1 heterocycles. The van der Waals surface area contributed by atoms with Gasteiger partial charge in [0.05, 0.1) is 23.2 Å². The van der Waals surface area contributed by atoms with Crippen LogP contribution in [0.4, 0.5) is 26.3 Å². The molecule has 0 aliphatic heterocycles. The Bertz CT molecular complexity index is 1910. The van der Waals surface area contributed by atoms with Crippen molar-refractivity contribution in [2.75, 3.05) is 7.11 Å². The van der Waals surface area contributed by atoms with Crippen molar-refractivity contribution in [3.63, 3.8) is 0 Å². The number of pyridine rings is 1. The Hall–Kier alpha value is -4.58. The molecule has 0 radical (unpaired) electrons. The number of hydrogen-bond donors (Lipinski definition) is 0. The summed E-state index contributed by atoms with van der Waals surface area (Å²) in [5, 5.41) is 0.252. The highest BCUT2D eigenvalue weighted by Crippen LogP contribution is 2.34. The van der Waals surface area contributed by atoms with Crippen molar-refractivity contribution in [2.45, 2.75) is 11.8 Å². The minimum absolute atomic E-state index is 0.0588. The standard InChI is InChI=1S/C29H17F6NO4S/c1-14-4-3-5-15(10-14)18-12-22(39-2)21(13-19(18)30)36-20-8-7-17(11-16(20)6-9-23(36)37)41(38)40-29-27(34)25(32)24(31)26(33)28(29)35/h3-13H,1-2H3. The van der Waals surface area contributed by atoms with E-state index in [-0.39, 0.29) is 32.8 Å². The van der Waals surface area contributed by atoms with Crippen molar-refractivity contribution in [1.82, 2.24) is 4.57 Å². The number of methoxy groups -OCH3 is 1. The first-order chi connectivity index (χ1) is 19.5. The molecule has 0 saturated heterocycles. The summed E-state index contributed by atoms with van der Waals surface area (Å²) in [5.41, 5.74) is 1.45. The number of nitrogens with zero attached hydrogens (tertiary/aromatic N) is 1. The molecule has 0 aliphatic carbocycles. The van der Waals surface area contributed by atoms with Crippen LogP contribution in [0.15, 0.2) is 76.4 Å². The molecule has 0 N–H and O–H groups in total. The van der Waals surface area contributed by atoms with E-state index in [9.17, 15) is 31.0 Å². The number of benzene rings is 4. The SMILES string of the molecule is COc1cc(-c2cccc(C)c2)c(F)cc1-n1c(=O)ccc2cc(S(=O)Oc3c(F)c(F)c(F)c(F)c3F)ccc21. The maximum Gasteiger partial charge on any atom is 0.255 e. The van der Waals surface area contributed by atoms with Crippen LogP contribution in [0.25, 0.3) is 27.7 Å². The molecule has 4 aromatic carbocycles. The topological polar surface area (TPSA) is 57.5 Å². The largest absolute Gasteiger partial charge is 0.495 e. The fourth-order valence-corrected chi connectivity index (χ4v) is 5.07. The summed E-state index contributed by atoms with van der Waals surface area (Å²) in [4.78, 5) is 12.7. The molecule has 0 aliphatic rings. The molecule has 5 rings (SSSR count). The zero-order valence-electron chi connectivity index (χ0n) is 21.1. The van der Waals surface area contributed by atoms with E-state index in [1.165, 1.54) is 31.4 Å². The molecule has 0 fully saturated rings. The van der Waals surface area contributed by atoms with Gasteiger partial charge >= 0.3 is 0 Å². The molecule has 5 nitrogen and oxygen atoms in total. The average Bonchev–Trinajstić information content (AvgIpc) is 2.96. The molecular formula is C29H17F6NO4S. The first-order valence-corrected chi connectivity index (χ1v) is 12.8. The number of aryl methyl sites for hydroxylation is 1. The maximum atomic E-state index is 15.4. The quantitative estimate of drug-likeness (QED) is 0.123. The Morgan fingerprint density at radius 3 is 2.12 bits per heavy atom. The lowest BCUT2D eigenvalue weighted by Gasteiger charge is -2.16. The molecule has 1 aromatic heterocycles. The van der Waals surface area contributed by atoms with E-state index in [4.69, 9.17) is 4.74 Å². The number of hydrogen-bond acceptors (Lipinski definition) is 4. The molecule has 0 bridgehead atoms. The van der Waals surface area contributed by atoms with Crippen molar-refractivity contribution < 1.29 is 39.5 Å². The van der Waals surface area contributed by atoms with Crippen molar-refractivity contribution >= 4 is 22.0 Å². The van der Waals surface area contributed by atoms with Gasteiger partial charge in [0.15, 0.2) is 0 Å². The molecular weight excluding hydrogens is 572 g/mol. The lowest BCUT2D eigenvalue weighted by Crippen LogP contribution is -2.18. The van der Waals surface area contributed by atoms with Gasteiger partial charge in [0.1, 0.15) is 11.6 Å². The van der Waals surface area contributed by atoms with E-state index in [2.05, 4.69) is 4.18 Å². The number of halogens is 6. The minimum Gasteiger partial charge on any atom is -0.495 e. The summed E-state index contributed by atoms with van der Waals surface area (Å²) in [6.07, 6.45) is 0. The van der Waals surface area contributed by atoms with E-state index < -0.39 is 57.3 Å². The molecule has 210 valence electrons. The predicted octanol–water partition coefficient (Wildman–Crippen LogP) is 6.91. The fourth-order valence-electron chi connectivity index (χ4n) is 4.27. The zero-order valence-corrected chi connectivity index (χ0v) is 21.9. The van der Waals surface area contributed by atoms with E-state index in [0.717, 1.165) is 28.3 Å². The highest BCUT2D eigenvalue weighted by Gasteiger charge is 2.29. The van der Waals surface area contributed by atoms with Gasteiger partial charge in [0, 0.05) is 23.1 Å². The third kappa shape index (κ3) is 4.95. The summed E-state index contributed by atoms with van der Waals surface area (Å²) in [7, 11) is 1.35. The van der Waals surface area contributed by atoms with Crippen molar-refractivity contribution in [2.24, 2.45) is 0 Å². The van der Waals surface area contributed by atoms with Gasteiger partial charge in [-0.25, -0.2) is 21.8 Å². The van der Waals surface area contributed by atoms with Crippen LogP contribution in [-0.4, -0.2) is 15.9 Å². The number of ether oxygens (including phenoxy) is 1. The Morgan fingerprint density at radius 2 is 1.46 bits per heavy atom. The fraction of sp³-hybridized carbons (Fsp3) is 0.0690. The summed E-state index contributed by atoms with van der Waals surface area (Å²) in [5.74, 6) is -13.6. The van der Waals surface area contributed by atoms with Crippen molar-refractivity contribution in [3.05, 3.63) is 118 Å². The van der Waals surface area contributed by atoms with Gasteiger partial charge in [-0.15, -0.1) is 0 Å². The van der Waals surface area contributed by atoms with Crippen molar-refractivity contribution in [3.8, 4) is 28.3 Å². The molecule has 0 amide bonds. The molecule has 1 atom stereocenters. The zero-order chi connectivity index (χ0) is 29.6. The van der Waals surface area contributed by atoms with Crippen molar-refractivity contribution in [1.29, 1.82) is 0 Å². The van der Waals surface area contributed by atoms with Crippen LogP contribution >= 0.6 is 0 Å². The lowest BCUT2D eigenvalue weighted by molar-refractivity contribution is 0.352. The van der Waals surface area contributed by atoms with Crippen LogP contribution in [0.3, 0.4) is 0 Å². The molecule has 1 unspecified atom stereocenters. The summed E-state index contributed by atoms with van der Waals surface area (Å²) < 4.78 is 108.